The Bertz CT molecular complexity index is 1070. The normalized spacial score (nSPS) is 12.0. The number of hydrogen-bond donors (Lipinski definition) is 2. The second-order valence-corrected chi connectivity index (χ2v) is 6.91. The van der Waals surface area contributed by atoms with Crippen LogP contribution in [0.3, 0.4) is 0 Å². The van der Waals surface area contributed by atoms with E-state index in [1.54, 1.807) is 42.5 Å². The van der Waals surface area contributed by atoms with Gasteiger partial charge in [-0.05, 0) is 42.3 Å². The van der Waals surface area contributed by atoms with Crippen molar-refractivity contribution in [2.24, 2.45) is 5.92 Å². The van der Waals surface area contributed by atoms with Gasteiger partial charge in [-0.25, -0.2) is 4.98 Å². The molecule has 1 heterocycles. The molecule has 7 heteroatoms. The number of anilines is 2. The minimum absolute atomic E-state index is 0.126. The van der Waals surface area contributed by atoms with Crippen molar-refractivity contribution in [1.82, 2.24) is 9.55 Å². The average Bonchev–Trinajstić information content (AvgIpc) is 2.65. The van der Waals surface area contributed by atoms with Gasteiger partial charge in [-0.2, -0.15) is 0 Å². The first-order chi connectivity index (χ1) is 13.4. The molecule has 2 aromatic carbocycles. The van der Waals surface area contributed by atoms with Crippen LogP contribution in [-0.4, -0.2) is 21.4 Å². The molecule has 0 bridgehead atoms. The van der Waals surface area contributed by atoms with Gasteiger partial charge < -0.3 is 10.6 Å². The first-order valence-corrected chi connectivity index (χ1v) is 9.01. The molecule has 0 aliphatic rings. The van der Waals surface area contributed by atoms with Gasteiger partial charge in [-0.1, -0.05) is 26.0 Å². The number of carbonyl (C=O) groups excluding carboxylic acids is 2. The molecule has 3 rings (SSSR count). The number of aromatic nitrogens is 2. The Hall–Kier alpha value is -3.48. The quantitative estimate of drug-likeness (QED) is 0.713. The summed E-state index contributed by atoms with van der Waals surface area (Å²) in [5, 5.41) is 5.98. The van der Waals surface area contributed by atoms with Crippen LogP contribution in [0.1, 0.15) is 26.8 Å². The van der Waals surface area contributed by atoms with Crippen molar-refractivity contribution in [2.45, 2.75) is 26.8 Å². The van der Waals surface area contributed by atoms with E-state index < -0.39 is 6.04 Å². The zero-order valence-corrected chi connectivity index (χ0v) is 16.0. The maximum Gasteiger partial charge on any atom is 0.261 e. The number of nitrogens with one attached hydrogen (secondary N) is 2. The van der Waals surface area contributed by atoms with Gasteiger partial charge in [0, 0.05) is 18.3 Å². The largest absolute Gasteiger partial charge is 0.326 e. The van der Waals surface area contributed by atoms with Gasteiger partial charge in [0.2, 0.25) is 11.8 Å². The highest BCUT2D eigenvalue weighted by Gasteiger charge is 2.26. The summed E-state index contributed by atoms with van der Waals surface area (Å²) in [5.41, 5.74) is 1.56. The molecule has 0 aliphatic heterocycles. The number of fused-ring (bicyclic) bond motifs is 1. The van der Waals surface area contributed by atoms with Crippen molar-refractivity contribution in [2.75, 3.05) is 10.6 Å². The van der Waals surface area contributed by atoms with Gasteiger partial charge in [-0.3, -0.25) is 19.0 Å². The maximum absolute atomic E-state index is 12.9. The third-order valence-electron chi connectivity index (χ3n) is 4.36. The molecule has 0 spiro atoms. The van der Waals surface area contributed by atoms with Gasteiger partial charge in [0.1, 0.15) is 6.04 Å². The molecule has 3 aromatic rings. The molecule has 1 unspecified atom stereocenters. The summed E-state index contributed by atoms with van der Waals surface area (Å²) in [6.07, 6.45) is 1.43. The summed E-state index contributed by atoms with van der Waals surface area (Å²) in [7, 11) is 0. The lowest BCUT2D eigenvalue weighted by atomic mass is 10.0. The van der Waals surface area contributed by atoms with E-state index in [9.17, 15) is 14.4 Å². The van der Waals surface area contributed by atoms with E-state index in [1.807, 2.05) is 19.9 Å². The summed E-state index contributed by atoms with van der Waals surface area (Å²) in [5.74, 6) is -0.597. The van der Waals surface area contributed by atoms with Crippen LogP contribution in [-0.2, 0) is 9.59 Å². The lowest BCUT2D eigenvalue weighted by molar-refractivity contribution is -0.120. The molecule has 2 amide bonds. The molecule has 1 atom stereocenters. The zero-order valence-electron chi connectivity index (χ0n) is 16.0. The average molecular weight is 378 g/mol. The van der Waals surface area contributed by atoms with Crippen LogP contribution in [0.4, 0.5) is 11.4 Å². The third kappa shape index (κ3) is 4.09. The Morgan fingerprint density at radius 3 is 2.18 bits per heavy atom. The molecular weight excluding hydrogens is 356 g/mol. The van der Waals surface area contributed by atoms with Crippen LogP contribution in [0, 0.1) is 5.92 Å². The molecule has 144 valence electrons. The van der Waals surface area contributed by atoms with Crippen LogP contribution < -0.4 is 16.2 Å². The minimum Gasteiger partial charge on any atom is -0.326 e. The molecule has 7 nitrogen and oxygen atoms in total. The molecule has 0 fully saturated rings. The minimum atomic E-state index is -0.709. The first-order valence-electron chi connectivity index (χ1n) is 9.01. The van der Waals surface area contributed by atoms with E-state index in [4.69, 9.17) is 0 Å². The highest BCUT2D eigenvalue weighted by Crippen LogP contribution is 2.21. The van der Waals surface area contributed by atoms with Gasteiger partial charge in [0.15, 0.2) is 0 Å². The molecule has 0 saturated heterocycles. The summed E-state index contributed by atoms with van der Waals surface area (Å²) in [4.78, 5) is 41.2. The topological polar surface area (TPSA) is 93.1 Å². The Labute approximate surface area is 162 Å². The van der Waals surface area contributed by atoms with E-state index in [1.165, 1.54) is 17.8 Å². The highest BCUT2D eigenvalue weighted by molar-refractivity contribution is 5.95. The molecule has 28 heavy (non-hydrogen) atoms. The molecule has 2 N–H and O–H groups in total. The lowest BCUT2D eigenvalue weighted by Gasteiger charge is -2.22. The Kier molecular flexibility index (Phi) is 5.54. The summed E-state index contributed by atoms with van der Waals surface area (Å²) in [6, 6.07) is 13.1. The third-order valence-corrected chi connectivity index (χ3v) is 4.36. The predicted octanol–water partition coefficient (Wildman–Crippen LogP) is 3.19. The highest BCUT2D eigenvalue weighted by atomic mass is 16.2. The predicted molar refractivity (Wildman–Crippen MR) is 109 cm³/mol. The van der Waals surface area contributed by atoms with E-state index >= 15 is 0 Å². The molecule has 0 saturated carbocycles. The molecular formula is C21H22N4O3. The van der Waals surface area contributed by atoms with Crippen LogP contribution in [0.25, 0.3) is 10.9 Å². The number of rotatable bonds is 5. The number of amides is 2. The van der Waals surface area contributed by atoms with Crippen molar-refractivity contribution < 1.29 is 9.59 Å². The van der Waals surface area contributed by atoms with Crippen LogP contribution in [0.15, 0.2) is 59.7 Å². The standard InChI is InChI=1S/C21H22N4O3/c1-13(2)19(25-12-22-18-7-5-4-6-17(18)21(25)28)20(27)24-16-10-8-15(9-11-16)23-14(3)26/h4-13,19H,1-3H3,(H,23,26)(H,24,27). The molecule has 0 aliphatic carbocycles. The smallest absolute Gasteiger partial charge is 0.261 e. The SMILES string of the molecule is CC(=O)Nc1ccc(NC(=O)C(C(C)C)n2cnc3ccccc3c2=O)cc1. The number of hydrogen-bond acceptors (Lipinski definition) is 4. The lowest BCUT2D eigenvalue weighted by Crippen LogP contribution is -2.36. The monoisotopic (exact) mass is 378 g/mol. The fraction of sp³-hybridized carbons (Fsp3) is 0.238. The van der Waals surface area contributed by atoms with Gasteiger partial charge in [-0.15, -0.1) is 0 Å². The van der Waals surface area contributed by atoms with E-state index in [0.29, 0.717) is 22.3 Å². The van der Waals surface area contributed by atoms with Crippen molar-refractivity contribution in [1.29, 1.82) is 0 Å². The number of nitrogens with zero attached hydrogens (tertiary/aromatic N) is 2. The second kappa shape index (κ2) is 8.04. The Morgan fingerprint density at radius 1 is 0.964 bits per heavy atom. The van der Waals surface area contributed by atoms with Crippen molar-refractivity contribution >= 4 is 34.1 Å². The fourth-order valence-electron chi connectivity index (χ4n) is 3.09. The van der Waals surface area contributed by atoms with Crippen molar-refractivity contribution in [3.63, 3.8) is 0 Å². The fourth-order valence-corrected chi connectivity index (χ4v) is 3.09. The number of benzene rings is 2. The van der Waals surface area contributed by atoms with Crippen LogP contribution in [0.5, 0.6) is 0 Å². The maximum atomic E-state index is 12.9. The van der Waals surface area contributed by atoms with Crippen molar-refractivity contribution in [3.05, 3.63) is 65.2 Å². The van der Waals surface area contributed by atoms with Crippen LogP contribution in [0.2, 0.25) is 0 Å². The molecule has 1 aromatic heterocycles. The Morgan fingerprint density at radius 2 is 1.57 bits per heavy atom. The Balaban J connectivity index is 1.88. The zero-order chi connectivity index (χ0) is 20.3. The van der Waals surface area contributed by atoms with Gasteiger partial charge in [0.25, 0.3) is 5.56 Å². The van der Waals surface area contributed by atoms with Gasteiger partial charge in [0.05, 0.1) is 17.2 Å². The van der Waals surface area contributed by atoms with Crippen LogP contribution >= 0.6 is 0 Å². The van der Waals surface area contributed by atoms with E-state index in [-0.39, 0.29) is 23.3 Å². The summed E-state index contributed by atoms with van der Waals surface area (Å²) < 4.78 is 1.38. The van der Waals surface area contributed by atoms with E-state index in [0.717, 1.165) is 0 Å². The first kappa shape index (κ1) is 19.3. The number of carbonyl (C=O) groups is 2. The van der Waals surface area contributed by atoms with E-state index in [2.05, 4.69) is 15.6 Å². The van der Waals surface area contributed by atoms with Crippen molar-refractivity contribution in [3.8, 4) is 0 Å². The van der Waals surface area contributed by atoms with Gasteiger partial charge >= 0.3 is 0 Å². The second-order valence-electron chi connectivity index (χ2n) is 6.91. The number of para-hydroxylation sites is 1. The molecule has 0 radical (unpaired) electrons. The summed E-state index contributed by atoms with van der Waals surface area (Å²) >= 11 is 0. The summed E-state index contributed by atoms with van der Waals surface area (Å²) in [6.45, 7) is 5.19.